The zero-order chi connectivity index (χ0) is 13.7. The van der Waals surface area contributed by atoms with Gasteiger partial charge in [-0.25, -0.2) is 0 Å². The van der Waals surface area contributed by atoms with Crippen LogP contribution in [0.15, 0.2) is 0 Å². The van der Waals surface area contributed by atoms with E-state index in [9.17, 15) is 0 Å². The Balaban J connectivity index is 1.91. The summed E-state index contributed by atoms with van der Waals surface area (Å²) in [4.78, 5) is 2.75. The second-order valence-corrected chi connectivity index (χ2v) is 6.59. The van der Waals surface area contributed by atoms with E-state index in [-0.39, 0.29) is 0 Å². The van der Waals surface area contributed by atoms with Crippen molar-refractivity contribution < 1.29 is 4.74 Å². The second kappa shape index (κ2) is 7.61. The van der Waals surface area contributed by atoms with Crippen LogP contribution >= 0.6 is 0 Å². The lowest BCUT2D eigenvalue weighted by molar-refractivity contribution is 0.0235. The van der Waals surface area contributed by atoms with Gasteiger partial charge in [0.2, 0.25) is 0 Å². The molecule has 0 aromatic heterocycles. The minimum absolute atomic E-state index is 0.715. The van der Waals surface area contributed by atoms with Gasteiger partial charge in [0.1, 0.15) is 0 Å². The topological polar surface area (TPSA) is 24.5 Å². The molecule has 19 heavy (non-hydrogen) atoms. The van der Waals surface area contributed by atoms with Crippen LogP contribution in [0.25, 0.3) is 0 Å². The molecule has 3 unspecified atom stereocenters. The van der Waals surface area contributed by atoms with E-state index in [1.54, 1.807) is 0 Å². The zero-order valence-corrected chi connectivity index (χ0v) is 13.0. The van der Waals surface area contributed by atoms with E-state index in [1.165, 1.54) is 45.3 Å². The minimum Gasteiger partial charge on any atom is -0.381 e. The highest BCUT2D eigenvalue weighted by Crippen LogP contribution is 2.24. The quantitative estimate of drug-likeness (QED) is 0.851. The zero-order valence-electron chi connectivity index (χ0n) is 13.0. The van der Waals surface area contributed by atoms with Gasteiger partial charge in [-0.2, -0.15) is 0 Å². The number of ether oxygens (including phenoxy) is 1. The fourth-order valence-corrected chi connectivity index (χ4v) is 3.56. The normalized spacial score (nSPS) is 33.6. The van der Waals surface area contributed by atoms with E-state index in [1.807, 2.05) is 0 Å². The summed E-state index contributed by atoms with van der Waals surface area (Å²) in [5.41, 5.74) is 0. The van der Waals surface area contributed by atoms with Crippen LogP contribution in [0.5, 0.6) is 0 Å². The molecule has 1 N–H and O–H groups in total. The Kier molecular flexibility index (Phi) is 6.11. The first-order valence-electron chi connectivity index (χ1n) is 8.25. The van der Waals surface area contributed by atoms with Crippen LogP contribution in [-0.4, -0.2) is 49.8 Å². The molecule has 2 heterocycles. The second-order valence-electron chi connectivity index (χ2n) is 6.59. The van der Waals surface area contributed by atoms with Gasteiger partial charge in [-0.1, -0.05) is 13.8 Å². The Morgan fingerprint density at radius 3 is 2.68 bits per heavy atom. The van der Waals surface area contributed by atoms with Crippen LogP contribution < -0.4 is 5.32 Å². The molecular formula is C16H32N2O. The molecule has 0 bridgehead atoms. The lowest BCUT2D eigenvalue weighted by Gasteiger charge is -2.40. The molecule has 2 fully saturated rings. The molecule has 0 aromatic carbocycles. The van der Waals surface area contributed by atoms with Crippen LogP contribution in [0.4, 0.5) is 0 Å². The van der Waals surface area contributed by atoms with Crippen molar-refractivity contribution >= 4 is 0 Å². The summed E-state index contributed by atoms with van der Waals surface area (Å²) >= 11 is 0. The largest absolute Gasteiger partial charge is 0.381 e. The third kappa shape index (κ3) is 4.44. The maximum atomic E-state index is 5.51. The Labute approximate surface area is 119 Å². The molecule has 0 saturated carbocycles. The van der Waals surface area contributed by atoms with E-state index in [0.29, 0.717) is 6.04 Å². The predicted molar refractivity (Wildman–Crippen MR) is 80.4 cm³/mol. The van der Waals surface area contributed by atoms with Gasteiger partial charge in [-0.05, 0) is 57.5 Å². The van der Waals surface area contributed by atoms with E-state index >= 15 is 0 Å². The molecule has 0 radical (unpaired) electrons. The van der Waals surface area contributed by atoms with Gasteiger partial charge >= 0.3 is 0 Å². The van der Waals surface area contributed by atoms with Crippen molar-refractivity contribution in [3.63, 3.8) is 0 Å². The highest BCUT2D eigenvalue weighted by atomic mass is 16.5. The van der Waals surface area contributed by atoms with Crippen LogP contribution in [0.3, 0.4) is 0 Å². The smallest absolute Gasteiger partial charge is 0.0469 e. The summed E-state index contributed by atoms with van der Waals surface area (Å²) in [6, 6.07) is 1.44. The number of hydrogen-bond acceptors (Lipinski definition) is 3. The number of nitrogens with zero attached hydrogens (tertiary/aromatic N) is 1. The van der Waals surface area contributed by atoms with Crippen LogP contribution in [0, 0.1) is 11.8 Å². The molecule has 2 rings (SSSR count). The molecule has 3 heteroatoms. The minimum atomic E-state index is 0.715. The number of rotatable bonds is 3. The van der Waals surface area contributed by atoms with Crippen molar-refractivity contribution in [2.75, 3.05) is 32.8 Å². The molecule has 3 nitrogen and oxygen atoms in total. The molecule has 112 valence electrons. The third-order valence-electron chi connectivity index (χ3n) is 5.08. The van der Waals surface area contributed by atoms with Gasteiger partial charge < -0.3 is 15.0 Å². The fraction of sp³-hybridized carbons (Fsp3) is 1.00. The predicted octanol–water partition coefficient (Wildman–Crippen LogP) is 2.51. The van der Waals surface area contributed by atoms with Gasteiger partial charge in [0, 0.05) is 31.8 Å². The third-order valence-corrected chi connectivity index (χ3v) is 5.08. The highest BCUT2D eigenvalue weighted by Gasteiger charge is 2.27. The fourth-order valence-electron chi connectivity index (χ4n) is 3.56. The first-order valence-corrected chi connectivity index (χ1v) is 8.25. The summed E-state index contributed by atoms with van der Waals surface area (Å²) in [6.07, 6.45) is 5.06. The molecule has 0 spiro atoms. The Hall–Kier alpha value is -0.120. The van der Waals surface area contributed by atoms with Gasteiger partial charge in [0.25, 0.3) is 0 Å². The van der Waals surface area contributed by atoms with E-state index < -0.39 is 0 Å². The standard InChI is InChI=1S/C16H32N2O/c1-4-16-5-8-18(12-13(2)11-17-16)14(3)15-6-9-19-10-7-15/h13-17H,4-12H2,1-3H3. The van der Waals surface area contributed by atoms with Crippen molar-refractivity contribution in [2.45, 2.75) is 58.5 Å². The lowest BCUT2D eigenvalue weighted by Crippen LogP contribution is -2.49. The molecular weight excluding hydrogens is 236 g/mol. The summed E-state index contributed by atoms with van der Waals surface area (Å²) in [5, 5.41) is 3.71. The van der Waals surface area contributed by atoms with Crippen molar-refractivity contribution in [1.82, 2.24) is 10.2 Å². The van der Waals surface area contributed by atoms with Gasteiger partial charge in [0.15, 0.2) is 0 Å². The Bertz CT molecular complexity index is 253. The molecule has 0 aliphatic carbocycles. The molecule has 3 atom stereocenters. The SMILES string of the molecule is CCC1CCN(C(C)C2CCOCC2)CC(C)CN1. The van der Waals surface area contributed by atoms with Crippen molar-refractivity contribution in [3.8, 4) is 0 Å². The Morgan fingerprint density at radius 2 is 2.00 bits per heavy atom. The molecule has 2 saturated heterocycles. The van der Waals surface area contributed by atoms with Crippen molar-refractivity contribution in [2.24, 2.45) is 11.8 Å². The van der Waals surface area contributed by atoms with Crippen LogP contribution in [0.2, 0.25) is 0 Å². The van der Waals surface area contributed by atoms with Crippen molar-refractivity contribution in [3.05, 3.63) is 0 Å². The van der Waals surface area contributed by atoms with Gasteiger partial charge in [-0.15, -0.1) is 0 Å². The highest BCUT2D eigenvalue weighted by molar-refractivity contribution is 4.82. The first kappa shape index (κ1) is 15.3. The summed E-state index contributed by atoms with van der Waals surface area (Å²) in [6.45, 7) is 12.8. The van der Waals surface area contributed by atoms with E-state index in [4.69, 9.17) is 4.74 Å². The first-order chi connectivity index (χ1) is 9.20. The molecule has 0 aromatic rings. The molecule has 0 amide bonds. The van der Waals surface area contributed by atoms with Crippen molar-refractivity contribution in [1.29, 1.82) is 0 Å². The number of hydrogen-bond donors (Lipinski definition) is 1. The average molecular weight is 268 g/mol. The Morgan fingerprint density at radius 1 is 1.26 bits per heavy atom. The summed E-state index contributed by atoms with van der Waals surface area (Å²) < 4.78 is 5.51. The van der Waals surface area contributed by atoms with Gasteiger partial charge in [-0.3, -0.25) is 0 Å². The van der Waals surface area contributed by atoms with Gasteiger partial charge in [0.05, 0.1) is 0 Å². The summed E-state index contributed by atoms with van der Waals surface area (Å²) in [7, 11) is 0. The summed E-state index contributed by atoms with van der Waals surface area (Å²) in [5.74, 6) is 1.60. The molecule has 2 aliphatic heterocycles. The van der Waals surface area contributed by atoms with Crippen LogP contribution in [-0.2, 0) is 4.74 Å². The van der Waals surface area contributed by atoms with Crippen LogP contribution in [0.1, 0.15) is 46.5 Å². The average Bonchev–Trinajstić information content (AvgIpc) is 2.43. The molecule has 2 aliphatic rings. The maximum Gasteiger partial charge on any atom is 0.0469 e. The maximum absolute atomic E-state index is 5.51. The lowest BCUT2D eigenvalue weighted by atomic mass is 9.90. The monoisotopic (exact) mass is 268 g/mol. The van der Waals surface area contributed by atoms with E-state index in [0.717, 1.165) is 31.1 Å². The van der Waals surface area contributed by atoms with E-state index in [2.05, 4.69) is 31.0 Å². The number of nitrogens with one attached hydrogen (secondary N) is 1.